The average molecular weight is 580 g/mol. The van der Waals surface area contributed by atoms with Crippen molar-refractivity contribution >= 4 is 44.5 Å². The fraction of sp³-hybridized carbons (Fsp3) is 0.379. The largest absolute Gasteiger partial charge is 0.508 e. The predicted molar refractivity (Wildman–Crippen MR) is 154 cm³/mol. The van der Waals surface area contributed by atoms with Gasteiger partial charge in [-0.25, -0.2) is 9.97 Å². The summed E-state index contributed by atoms with van der Waals surface area (Å²) in [6.45, 7) is 5.31. The van der Waals surface area contributed by atoms with Crippen molar-refractivity contribution in [2.24, 2.45) is 4.99 Å². The number of alkyl halides is 3. The van der Waals surface area contributed by atoms with Gasteiger partial charge in [-0.05, 0) is 43.0 Å². The minimum Gasteiger partial charge on any atom is -0.508 e. The van der Waals surface area contributed by atoms with Crippen LogP contribution in [0.4, 0.5) is 19.0 Å². The molecule has 2 aliphatic rings. The molecule has 0 spiro atoms. The number of halogens is 3. The normalized spacial score (nSPS) is 16.5. The maximum atomic E-state index is 12.9. The zero-order valence-corrected chi connectivity index (χ0v) is 23.2. The van der Waals surface area contributed by atoms with Crippen LogP contribution < -0.4 is 5.32 Å². The number of allylic oxidation sites excluding steroid dienone is 1. The molecule has 12 heteroatoms. The van der Waals surface area contributed by atoms with Crippen molar-refractivity contribution < 1.29 is 18.3 Å². The lowest BCUT2D eigenvalue weighted by molar-refractivity contribution is -0.126. The third-order valence-electron chi connectivity index (χ3n) is 7.81. The number of aromatic hydroxyl groups is 1. The van der Waals surface area contributed by atoms with Crippen molar-refractivity contribution in [2.75, 3.05) is 25.0 Å². The van der Waals surface area contributed by atoms with Gasteiger partial charge in [0.15, 0.2) is 0 Å². The van der Waals surface area contributed by atoms with Gasteiger partial charge in [-0.1, -0.05) is 6.08 Å². The molecule has 0 radical (unpaired) electrons. The SMILES string of the molecule is Cc1c(CN2CCC(Nc3ncnc4sc(CC(F)(F)F)cc34)CC2)c(O)cc2c1cc(C#N)n2CC1=CCN=C1. The third-order valence-corrected chi connectivity index (χ3v) is 8.86. The molecule has 1 saturated heterocycles. The van der Waals surface area contributed by atoms with Gasteiger partial charge in [0.2, 0.25) is 0 Å². The Balaban J connectivity index is 1.14. The Labute approximate surface area is 238 Å². The van der Waals surface area contributed by atoms with Gasteiger partial charge in [0.25, 0.3) is 0 Å². The van der Waals surface area contributed by atoms with Crippen molar-refractivity contribution in [3.8, 4) is 11.8 Å². The molecule has 0 bridgehead atoms. The van der Waals surface area contributed by atoms with Crippen LogP contribution in [0, 0.1) is 18.3 Å². The van der Waals surface area contributed by atoms with Crippen LogP contribution in [0.25, 0.3) is 21.1 Å². The molecule has 0 saturated carbocycles. The van der Waals surface area contributed by atoms with Crippen molar-refractivity contribution in [3.63, 3.8) is 0 Å². The molecular formula is C29H28F3N7OS. The van der Waals surface area contributed by atoms with Gasteiger partial charge in [0.05, 0.1) is 30.4 Å². The number of fused-ring (bicyclic) bond motifs is 2. The molecule has 6 rings (SSSR count). The Kier molecular flexibility index (Phi) is 7.17. The van der Waals surface area contributed by atoms with E-state index in [-0.39, 0.29) is 16.7 Å². The lowest BCUT2D eigenvalue weighted by atomic mass is 10.00. The monoisotopic (exact) mass is 579 g/mol. The summed E-state index contributed by atoms with van der Waals surface area (Å²) in [6, 6.07) is 7.59. The second-order valence-corrected chi connectivity index (χ2v) is 11.7. The average Bonchev–Trinajstić information content (AvgIpc) is 3.66. The molecule has 4 aromatic rings. The summed E-state index contributed by atoms with van der Waals surface area (Å²) >= 11 is 1.05. The minimum atomic E-state index is -4.27. The predicted octanol–water partition coefficient (Wildman–Crippen LogP) is 5.72. The molecule has 2 aliphatic heterocycles. The molecule has 0 aliphatic carbocycles. The number of nitrogens with one attached hydrogen (secondary N) is 1. The number of hydrogen-bond donors (Lipinski definition) is 2. The summed E-state index contributed by atoms with van der Waals surface area (Å²) in [5.74, 6) is 0.776. The molecule has 212 valence electrons. The number of anilines is 1. The Morgan fingerprint density at radius 3 is 2.66 bits per heavy atom. The molecule has 0 unspecified atom stereocenters. The number of phenolic OH excluding ortho intramolecular Hbond substituents is 1. The van der Waals surface area contributed by atoms with Gasteiger partial charge in [0, 0.05) is 53.8 Å². The smallest absolute Gasteiger partial charge is 0.393 e. The van der Waals surface area contributed by atoms with Crippen LogP contribution in [0.1, 0.15) is 34.5 Å². The van der Waals surface area contributed by atoms with Gasteiger partial charge in [-0.3, -0.25) is 9.89 Å². The summed E-state index contributed by atoms with van der Waals surface area (Å²) < 4.78 is 40.6. The highest BCUT2D eigenvalue weighted by molar-refractivity contribution is 7.18. The second-order valence-electron chi connectivity index (χ2n) is 10.6. The number of likely N-dealkylation sites (tertiary alicyclic amines) is 1. The third kappa shape index (κ3) is 5.64. The quantitative estimate of drug-likeness (QED) is 0.290. The van der Waals surface area contributed by atoms with Crippen LogP contribution in [-0.4, -0.2) is 62.6 Å². The van der Waals surface area contributed by atoms with Crippen molar-refractivity contribution in [1.29, 1.82) is 5.26 Å². The first-order valence-corrected chi connectivity index (χ1v) is 14.2. The van der Waals surface area contributed by atoms with Crippen LogP contribution in [0.3, 0.4) is 0 Å². The van der Waals surface area contributed by atoms with Gasteiger partial charge in [0.1, 0.15) is 34.5 Å². The Hall–Kier alpha value is -3.95. The maximum Gasteiger partial charge on any atom is 0.393 e. The lowest BCUT2D eigenvalue weighted by Gasteiger charge is -2.33. The van der Waals surface area contributed by atoms with Gasteiger partial charge in [-0.15, -0.1) is 11.3 Å². The Bertz CT molecular complexity index is 1720. The summed E-state index contributed by atoms with van der Waals surface area (Å²) in [6.07, 6.45) is 1.64. The zero-order chi connectivity index (χ0) is 28.7. The van der Waals surface area contributed by atoms with E-state index in [1.54, 1.807) is 6.07 Å². The first kappa shape index (κ1) is 27.2. The van der Waals surface area contributed by atoms with Gasteiger partial charge in [-0.2, -0.15) is 18.4 Å². The van der Waals surface area contributed by atoms with E-state index < -0.39 is 12.6 Å². The summed E-state index contributed by atoms with van der Waals surface area (Å²) in [7, 11) is 0. The summed E-state index contributed by atoms with van der Waals surface area (Å²) in [4.78, 5) is 15.8. The lowest BCUT2D eigenvalue weighted by Crippen LogP contribution is -2.39. The molecule has 3 aromatic heterocycles. The van der Waals surface area contributed by atoms with Gasteiger partial charge < -0.3 is 15.0 Å². The summed E-state index contributed by atoms with van der Waals surface area (Å²) in [5.41, 5.74) is 4.22. The fourth-order valence-electron chi connectivity index (χ4n) is 5.69. The molecule has 0 atom stereocenters. The van der Waals surface area contributed by atoms with Crippen LogP contribution >= 0.6 is 11.3 Å². The Morgan fingerprint density at radius 2 is 1.95 bits per heavy atom. The van der Waals surface area contributed by atoms with E-state index in [0.29, 0.717) is 41.4 Å². The summed E-state index contributed by atoms with van der Waals surface area (Å²) in [5, 5.41) is 25.8. The number of piperidine rings is 1. The number of hydrogen-bond acceptors (Lipinski definition) is 8. The molecule has 5 heterocycles. The van der Waals surface area contributed by atoms with E-state index in [4.69, 9.17) is 0 Å². The number of thiophene rings is 1. The van der Waals surface area contributed by atoms with Crippen molar-refractivity contribution in [1.82, 2.24) is 19.4 Å². The zero-order valence-electron chi connectivity index (χ0n) is 22.4. The van der Waals surface area contributed by atoms with E-state index in [9.17, 15) is 23.5 Å². The fourth-order valence-corrected chi connectivity index (χ4v) is 6.72. The number of rotatable bonds is 7. The first-order chi connectivity index (χ1) is 19.7. The van der Waals surface area contributed by atoms with E-state index in [1.807, 2.05) is 29.8 Å². The number of nitriles is 1. The van der Waals surface area contributed by atoms with Crippen molar-refractivity contribution in [3.05, 3.63) is 57.9 Å². The van der Waals surface area contributed by atoms with Crippen LogP contribution in [0.2, 0.25) is 0 Å². The van der Waals surface area contributed by atoms with Crippen LogP contribution in [0.15, 0.2) is 41.2 Å². The molecule has 8 nitrogen and oxygen atoms in total. The molecular weight excluding hydrogens is 551 g/mol. The van der Waals surface area contributed by atoms with Crippen molar-refractivity contribution in [2.45, 2.75) is 51.5 Å². The molecule has 2 N–H and O–H groups in total. The number of aryl methyl sites for hydroxylation is 1. The number of aliphatic imine (C=N–C) groups is 1. The first-order valence-electron chi connectivity index (χ1n) is 13.4. The number of nitrogens with zero attached hydrogens (tertiary/aromatic N) is 6. The molecule has 0 amide bonds. The second kappa shape index (κ2) is 10.8. The highest BCUT2D eigenvalue weighted by atomic mass is 32.1. The van der Waals surface area contributed by atoms with Gasteiger partial charge >= 0.3 is 6.18 Å². The number of phenols is 1. The highest BCUT2D eigenvalue weighted by Crippen LogP contribution is 2.35. The topological polar surface area (TPSA) is 102 Å². The van der Waals surface area contributed by atoms with E-state index in [0.717, 1.165) is 64.9 Å². The van der Waals surface area contributed by atoms with E-state index in [1.165, 1.54) is 12.4 Å². The Morgan fingerprint density at radius 1 is 1.15 bits per heavy atom. The molecule has 1 fully saturated rings. The highest BCUT2D eigenvalue weighted by Gasteiger charge is 2.29. The van der Waals surface area contributed by atoms with Crippen LogP contribution in [0.5, 0.6) is 5.75 Å². The van der Waals surface area contributed by atoms with Crippen LogP contribution in [-0.2, 0) is 19.5 Å². The standard InChI is InChI=1S/C29H28F3N7OS/c1-17-22-8-20(12-33)39(14-18-2-5-34-13-18)25(22)10-26(40)24(17)15-38-6-3-19(4-7-38)37-27-23-9-21(11-29(30,31)32)41-28(23)36-16-35-27/h2,8-10,13,16,19,40H,3-7,11,14-15H2,1H3,(H,35,36,37). The van der Waals surface area contributed by atoms with E-state index >= 15 is 0 Å². The molecule has 1 aromatic carbocycles. The number of benzene rings is 1. The minimum absolute atomic E-state index is 0.119. The number of aromatic nitrogens is 3. The maximum absolute atomic E-state index is 12.9. The van der Waals surface area contributed by atoms with E-state index in [2.05, 4.69) is 31.2 Å². The molecule has 41 heavy (non-hydrogen) atoms.